The molecule has 0 unspecified atom stereocenters. The maximum Gasteiger partial charge on any atom is 0.219 e. The summed E-state index contributed by atoms with van der Waals surface area (Å²) < 4.78 is 0. The second kappa shape index (κ2) is 5.52. The standard InChI is InChI=1S/C10H17N3O/c1-3-10(14)12-8-5-6-9(7-8)13-11-4-2/h4,8-9H,2-3,5-7H2,1H3,(H,12,14)/t8-,9+/m0/s1. The molecule has 1 saturated carbocycles. The van der Waals surface area contributed by atoms with E-state index in [1.54, 1.807) is 0 Å². The van der Waals surface area contributed by atoms with E-state index in [9.17, 15) is 4.79 Å². The lowest BCUT2D eigenvalue weighted by Gasteiger charge is -2.10. The molecule has 0 aliphatic heterocycles. The Morgan fingerprint density at radius 1 is 1.64 bits per heavy atom. The fourth-order valence-corrected chi connectivity index (χ4v) is 1.66. The predicted octanol–water partition coefficient (Wildman–Crippen LogP) is 2.03. The first-order chi connectivity index (χ1) is 6.76. The van der Waals surface area contributed by atoms with Crippen LogP contribution in [0, 0.1) is 0 Å². The monoisotopic (exact) mass is 195 g/mol. The fraction of sp³-hybridized carbons (Fsp3) is 0.700. The molecule has 0 radical (unpaired) electrons. The van der Waals surface area contributed by atoms with Gasteiger partial charge in [-0.05, 0) is 19.3 Å². The van der Waals surface area contributed by atoms with Crippen LogP contribution in [-0.2, 0) is 4.79 Å². The molecule has 14 heavy (non-hydrogen) atoms. The number of amides is 1. The lowest BCUT2D eigenvalue weighted by Crippen LogP contribution is -2.32. The molecule has 0 bridgehead atoms. The fourth-order valence-electron chi connectivity index (χ4n) is 1.66. The molecule has 0 aromatic heterocycles. The Morgan fingerprint density at radius 3 is 3.07 bits per heavy atom. The summed E-state index contributed by atoms with van der Waals surface area (Å²) in [5, 5.41) is 10.8. The van der Waals surface area contributed by atoms with Gasteiger partial charge in [0.1, 0.15) is 0 Å². The minimum absolute atomic E-state index is 0.122. The maximum atomic E-state index is 11.1. The maximum absolute atomic E-state index is 11.1. The molecule has 2 atom stereocenters. The van der Waals surface area contributed by atoms with Gasteiger partial charge >= 0.3 is 0 Å². The third-order valence-corrected chi connectivity index (χ3v) is 2.40. The molecule has 1 N–H and O–H groups in total. The molecule has 1 rings (SSSR count). The van der Waals surface area contributed by atoms with Crippen LogP contribution in [0.25, 0.3) is 0 Å². The lowest BCUT2D eigenvalue weighted by atomic mass is 10.2. The van der Waals surface area contributed by atoms with Crippen molar-refractivity contribution in [2.75, 3.05) is 0 Å². The van der Waals surface area contributed by atoms with Gasteiger partial charge in [0.25, 0.3) is 0 Å². The van der Waals surface area contributed by atoms with Crippen LogP contribution < -0.4 is 5.32 Å². The number of azo groups is 1. The van der Waals surface area contributed by atoms with E-state index in [2.05, 4.69) is 22.1 Å². The summed E-state index contributed by atoms with van der Waals surface area (Å²) in [6, 6.07) is 0.548. The summed E-state index contributed by atoms with van der Waals surface area (Å²) in [6.07, 6.45) is 4.91. The molecule has 1 aliphatic carbocycles. The van der Waals surface area contributed by atoms with Gasteiger partial charge in [-0.15, -0.1) is 0 Å². The van der Waals surface area contributed by atoms with Crippen molar-refractivity contribution in [3.63, 3.8) is 0 Å². The van der Waals surface area contributed by atoms with Crippen LogP contribution in [0.1, 0.15) is 32.6 Å². The van der Waals surface area contributed by atoms with Crippen LogP contribution >= 0.6 is 0 Å². The van der Waals surface area contributed by atoms with Crippen molar-refractivity contribution in [3.05, 3.63) is 12.8 Å². The molecule has 4 nitrogen and oxygen atoms in total. The van der Waals surface area contributed by atoms with E-state index in [-0.39, 0.29) is 18.0 Å². The van der Waals surface area contributed by atoms with Crippen molar-refractivity contribution in [1.82, 2.24) is 5.32 Å². The zero-order valence-electron chi connectivity index (χ0n) is 8.57. The zero-order chi connectivity index (χ0) is 10.4. The molecule has 1 fully saturated rings. The van der Waals surface area contributed by atoms with Gasteiger partial charge in [-0.25, -0.2) is 0 Å². The zero-order valence-corrected chi connectivity index (χ0v) is 8.57. The molecule has 0 heterocycles. The van der Waals surface area contributed by atoms with Gasteiger partial charge in [-0.1, -0.05) is 13.5 Å². The van der Waals surface area contributed by atoms with E-state index in [1.165, 1.54) is 6.20 Å². The quantitative estimate of drug-likeness (QED) is 0.685. The second-order valence-corrected chi connectivity index (χ2v) is 3.50. The molecule has 0 aromatic rings. The van der Waals surface area contributed by atoms with Gasteiger partial charge in [0, 0.05) is 18.7 Å². The van der Waals surface area contributed by atoms with E-state index in [0.717, 1.165) is 19.3 Å². The topological polar surface area (TPSA) is 53.8 Å². The van der Waals surface area contributed by atoms with Gasteiger partial charge < -0.3 is 5.32 Å². The van der Waals surface area contributed by atoms with E-state index >= 15 is 0 Å². The number of rotatable bonds is 4. The van der Waals surface area contributed by atoms with Gasteiger partial charge in [-0.2, -0.15) is 10.2 Å². The average molecular weight is 195 g/mol. The minimum atomic E-state index is 0.122. The van der Waals surface area contributed by atoms with Crippen molar-refractivity contribution < 1.29 is 4.79 Å². The van der Waals surface area contributed by atoms with E-state index in [0.29, 0.717) is 6.42 Å². The van der Waals surface area contributed by atoms with Crippen LogP contribution in [0.2, 0.25) is 0 Å². The normalized spacial score (nSPS) is 26.6. The smallest absolute Gasteiger partial charge is 0.219 e. The van der Waals surface area contributed by atoms with Crippen molar-refractivity contribution in [2.45, 2.75) is 44.7 Å². The highest BCUT2D eigenvalue weighted by molar-refractivity contribution is 5.75. The highest BCUT2D eigenvalue weighted by Crippen LogP contribution is 2.22. The number of hydrogen-bond donors (Lipinski definition) is 1. The SMILES string of the molecule is C=CN=N[C@@H]1CC[C@H](NC(=O)CC)C1. The summed E-state index contributed by atoms with van der Waals surface area (Å²) in [5.74, 6) is 0.122. The van der Waals surface area contributed by atoms with Gasteiger partial charge in [-0.3, -0.25) is 4.79 Å². The Labute approximate surface area is 84.5 Å². The Hall–Kier alpha value is -1.19. The Morgan fingerprint density at radius 2 is 2.43 bits per heavy atom. The van der Waals surface area contributed by atoms with Crippen LogP contribution in [0.4, 0.5) is 0 Å². The highest BCUT2D eigenvalue weighted by atomic mass is 16.1. The number of carbonyl (C=O) groups is 1. The van der Waals surface area contributed by atoms with Crippen LogP contribution in [0.3, 0.4) is 0 Å². The summed E-state index contributed by atoms with van der Waals surface area (Å²) in [4.78, 5) is 11.1. The molecule has 1 aliphatic rings. The van der Waals surface area contributed by atoms with Crippen LogP contribution in [0.5, 0.6) is 0 Å². The number of nitrogens with zero attached hydrogens (tertiary/aromatic N) is 2. The number of carbonyl (C=O) groups excluding carboxylic acids is 1. The minimum Gasteiger partial charge on any atom is -0.353 e. The van der Waals surface area contributed by atoms with Crippen molar-refractivity contribution in [1.29, 1.82) is 0 Å². The molecule has 78 valence electrons. The van der Waals surface area contributed by atoms with Crippen molar-refractivity contribution in [2.24, 2.45) is 10.2 Å². The molecular weight excluding hydrogens is 178 g/mol. The van der Waals surface area contributed by atoms with Gasteiger partial charge in [0.2, 0.25) is 5.91 Å². The van der Waals surface area contributed by atoms with Gasteiger partial charge in [0.05, 0.1) is 6.04 Å². The Balaban J connectivity index is 2.30. The average Bonchev–Trinajstić information content (AvgIpc) is 2.62. The lowest BCUT2D eigenvalue weighted by molar-refractivity contribution is -0.121. The van der Waals surface area contributed by atoms with Crippen LogP contribution in [-0.4, -0.2) is 18.0 Å². The molecule has 0 aromatic carbocycles. The second-order valence-electron chi connectivity index (χ2n) is 3.50. The Bertz CT molecular complexity index is 238. The summed E-state index contributed by atoms with van der Waals surface area (Å²) in [5.41, 5.74) is 0. The molecule has 0 spiro atoms. The van der Waals surface area contributed by atoms with Crippen molar-refractivity contribution in [3.8, 4) is 0 Å². The predicted molar refractivity (Wildman–Crippen MR) is 54.9 cm³/mol. The largest absolute Gasteiger partial charge is 0.353 e. The van der Waals surface area contributed by atoms with E-state index < -0.39 is 0 Å². The van der Waals surface area contributed by atoms with E-state index in [4.69, 9.17) is 0 Å². The molecule has 1 amide bonds. The summed E-state index contributed by atoms with van der Waals surface area (Å²) >= 11 is 0. The summed E-state index contributed by atoms with van der Waals surface area (Å²) in [7, 11) is 0. The third-order valence-electron chi connectivity index (χ3n) is 2.40. The first-order valence-electron chi connectivity index (χ1n) is 5.06. The van der Waals surface area contributed by atoms with E-state index in [1.807, 2.05) is 6.92 Å². The van der Waals surface area contributed by atoms with Crippen molar-refractivity contribution >= 4 is 5.91 Å². The highest BCUT2D eigenvalue weighted by Gasteiger charge is 2.25. The molecule has 4 heteroatoms. The summed E-state index contributed by atoms with van der Waals surface area (Å²) in [6.45, 7) is 5.33. The van der Waals surface area contributed by atoms with Gasteiger partial charge in [0.15, 0.2) is 0 Å². The number of hydrogen-bond acceptors (Lipinski definition) is 3. The molecule has 0 saturated heterocycles. The first-order valence-corrected chi connectivity index (χ1v) is 5.06. The Kier molecular flexibility index (Phi) is 4.29. The first kappa shape index (κ1) is 10.9. The third kappa shape index (κ3) is 3.28. The van der Waals surface area contributed by atoms with Crippen LogP contribution in [0.15, 0.2) is 23.0 Å². The molecular formula is C10H17N3O. The number of nitrogens with one attached hydrogen (secondary N) is 1.